The Morgan fingerprint density at radius 3 is 2.52 bits per heavy atom. The molecule has 0 radical (unpaired) electrons. The first kappa shape index (κ1) is 17.2. The van der Waals surface area contributed by atoms with Crippen molar-refractivity contribution >= 4 is 27.7 Å². The van der Waals surface area contributed by atoms with Gasteiger partial charge >= 0.3 is 0 Å². The molecular weight excluding hydrogens is 386 g/mol. The number of nitrogens with zero attached hydrogens (tertiary/aromatic N) is 2. The van der Waals surface area contributed by atoms with Crippen LogP contribution in [0.2, 0.25) is 0 Å². The Morgan fingerprint density at radius 1 is 1.12 bits per heavy atom. The van der Waals surface area contributed by atoms with Gasteiger partial charge in [0.15, 0.2) is 5.69 Å². The summed E-state index contributed by atoms with van der Waals surface area (Å²) in [5.41, 5.74) is 1.75. The molecule has 1 N–H and O–H groups in total. The number of hydrogen-bond donors (Lipinski definition) is 1. The molecule has 0 saturated carbocycles. The van der Waals surface area contributed by atoms with E-state index in [1.165, 1.54) is 0 Å². The summed E-state index contributed by atoms with van der Waals surface area (Å²) in [4.78, 5) is 12.3. The Balaban J connectivity index is 1.76. The first-order chi connectivity index (χ1) is 12.2. The second kappa shape index (κ2) is 7.94. The second-order valence-electron chi connectivity index (χ2n) is 5.30. The summed E-state index contributed by atoms with van der Waals surface area (Å²) in [7, 11) is 0. The van der Waals surface area contributed by atoms with Crippen molar-refractivity contribution in [2.75, 3.05) is 11.9 Å². The number of carbonyl (C=O) groups excluding carboxylic acids is 1. The first-order valence-electron chi connectivity index (χ1n) is 7.80. The van der Waals surface area contributed by atoms with E-state index in [1.54, 1.807) is 24.3 Å². The molecule has 0 atom stereocenters. The highest BCUT2D eigenvalue weighted by molar-refractivity contribution is 9.10. The Hall–Kier alpha value is -2.67. The number of rotatable bonds is 6. The van der Waals surface area contributed by atoms with E-state index in [0.717, 1.165) is 22.2 Å². The molecule has 0 aliphatic rings. The van der Waals surface area contributed by atoms with Gasteiger partial charge in [0.05, 0.1) is 6.61 Å². The Morgan fingerprint density at radius 2 is 1.84 bits per heavy atom. The third kappa shape index (κ3) is 4.24. The number of ether oxygens (including phenoxy) is 1. The zero-order valence-corrected chi connectivity index (χ0v) is 15.1. The maximum absolute atomic E-state index is 12.3. The molecule has 3 aromatic rings. The van der Waals surface area contributed by atoms with E-state index >= 15 is 0 Å². The number of carbonyl (C=O) groups is 1. The molecule has 7 heteroatoms. The number of nitrogens with one attached hydrogen (secondary N) is 1. The van der Waals surface area contributed by atoms with E-state index in [-0.39, 0.29) is 11.7 Å². The Bertz CT molecular complexity index is 845. The maximum atomic E-state index is 12.3. The second-order valence-corrected chi connectivity index (χ2v) is 6.21. The summed E-state index contributed by atoms with van der Waals surface area (Å²) in [6.45, 7) is 2.72. The molecule has 1 aromatic heterocycles. The predicted molar refractivity (Wildman–Crippen MR) is 97.6 cm³/mol. The van der Waals surface area contributed by atoms with Crippen LogP contribution >= 0.6 is 15.9 Å². The standard InChI is InChI=1S/C18H16BrN3O3/c1-2-11-24-15-9-5-12(6-10-15)16-17(22-25-21-16)20-18(23)13-3-7-14(19)8-4-13/h3-10H,2,11H2,1H3,(H,20,22,23). The highest BCUT2D eigenvalue weighted by Crippen LogP contribution is 2.26. The minimum absolute atomic E-state index is 0.273. The van der Waals surface area contributed by atoms with Crippen LogP contribution in [0.25, 0.3) is 11.3 Å². The quantitative estimate of drug-likeness (QED) is 0.655. The highest BCUT2D eigenvalue weighted by Gasteiger charge is 2.16. The molecule has 3 rings (SSSR count). The van der Waals surface area contributed by atoms with Gasteiger partial charge in [0.2, 0.25) is 5.82 Å². The van der Waals surface area contributed by atoms with E-state index in [9.17, 15) is 4.79 Å². The zero-order chi connectivity index (χ0) is 17.6. The predicted octanol–water partition coefficient (Wildman–Crippen LogP) is 4.54. The number of hydrogen-bond acceptors (Lipinski definition) is 5. The van der Waals surface area contributed by atoms with Crippen molar-refractivity contribution in [1.82, 2.24) is 10.3 Å². The van der Waals surface area contributed by atoms with Crippen molar-refractivity contribution in [3.8, 4) is 17.0 Å². The van der Waals surface area contributed by atoms with Crippen LogP contribution in [-0.2, 0) is 0 Å². The van der Waals surface area contributed by atoms with Gasteiger partial charge in [0, 0.05) is 15.6 Å². The fourth-order valence-electron chi connectivity index (χ4n) is 2.17. The van der Waals surface area contributed by atoms with Crippen molar-refractivity contribution in [2.45, 2.75) is 13.3 Å². The van der Waals surface area contributed by atoms with Crippen molar-refractivity contribution in [2.24, 2.45) is 0 Å². The topological polar surface area (TPSA) is 77.2 Å². The molecule has 0 bridgehead atoms. The molecule has 0 aliphatic carbocycles. The number of anilines is 1. The van der Waals surface area contributed by atoms with Crippen LogP contribution in [0.5, 0.6) is 5.75 Å². The van der Waals surface area contributed by atoms with E-state index in [0.29, 0.717) is 17.9 Å². The van der Waals surface area contributed by atoms with Crippen LogP contribution in [0.4, 0.5) is 5.82 Å². The van der Waals surface area contributed by atoms with E-state index < -0.39 is 0 Å². The Labute approximate surface area is 153 Å². The molecular formula is C18H16BrN3O3. The van der Waals surface area contributed by atoms with Crippen molar-refractivity contribution in [1.29, 1.82) is 0 Å². The third-order valence-electron chi connectivity index (χ3n) is 3.43. The lowest BCUT2D eigenvalue weighted by atomic mass is 10.1. The number of halogens is 1. The normalized spacial score (nSPS) is 10.5. The van der Waals surface area contributed by atoms with Gasteiger partial charge in [-0.15, -0.1) is 0 Å². The number of amides is 1. The monoisotopic (exact) mass is 401 g/mol. The smallest absolute Gasteiger partial charge is 0.256 e. The average Bonchev–Trinajstić information content (AvgIpc) is 3.09. The van der Waals surface area contributed by atoms with Gasteiger partial charge in [-0.1, -0.05) is 22.9 Å². The molecule has 6 nitrogen and oxygen atoms in total. The number of benzene rings is 2. The molecule has 25 heavy (non-hydrogen) atoms. The fourth-order valence-corrected chi connectivity index (χ4v) is 2.43. The molecule has 128 valence electrons. The van der Waals surface area contributed by atoms with Gasteiger partial charge in [0.1, 0.15) is 5.75 Å². The van der Waals surface area contributed by atoms with Gasteiger partial charge in [-0.2, -0.15) is 0 Å². The minimum Gasteiger partial charge on any atom is -0.494 e. The van der Waals surface area contributed by atoms with Crippen LogP contribution in [0.15, 0.2) is 57.6 Å². The lowest BCUT2D eigenvalue weighted by molar-refractivity contribution is 0.102. The molecule has 2 aromatic carbocycles. The summed E-state index contributed by atoms with van der Waals surface area (Å²) >= 11 is 3.34. The van der Waals surface area contributed by atoms with E-state index in [1.807, 2.05) is 24.3 Å². The van der Waals surface area contributed by atoms with Crippen LogP contribution < -0.4 is 10.1 Å². The summed E-state index contributed by atoms with van der Waals surface area (Å²) in [5, 5.41) is 10.4. The molecule has 0 saturated heterocycles. The minimum atomic E-state index is -0.285. The summed E-state index contributed by atoms with van der Waals surface area (Å²) < 4.78 is 11.3. The zero-order valence-electron chi connectivity index (χ0n) is 13.5. The first-order valence-corrected chi connectivity index (χ1v) is 8.59. The molecule has 0 fully saturated rings. The van der Waals surface area contributed by atoms with Crippen LogP contribution in [0.1, 0.15) is 23.7 Å². The fraction of sp³-hybridized carbons (Fsp3) is 0.167. The molecule has 1 heterocycles. The van der Waals surface area contributed by atoms with Gasteiger partial charge in [-0.25, -0.2) is 4.63 Å². The SMILES string of the molecule is CCCOc1ccc(-c2nonc2NC(=O)c2ccc(Br)cc2)cc1. The number of aromatic nitrogens is 2. The summed E-state index contributed by atoms with van der Waals surface area (Å²) in [6, 6.07) is 14.4. The highest BCUT2D eigenvalue weighted by atomic mass is 79.9. The van der Waals surface area contributed by atoms with Gasteiger partial charge in [-0.05, 0) is 65.3 Å². The third-order valence-corrected chi connectivity index (χ3v) is 3.96. The molecule has 1 amide bonds. The Kier molecular flexibility index (Phi) is 5.45. The average molecular weight is 402 g/mol. The van der Waals surface area contributed by atoms with E-state index in [4.69, 9.17) is 9.37 Å². The van der Waals surface area contributed by atoms with Gasteiger partial charge < -0.3 is 10.1 Å². The molecule has 0 unspecified atom stereocenters. The molecule has 0 spiro atoms. The maximum Gasteiger partial charge on any atom is 0.256 e. The largest absolute Gasteiger partial charge is 0.494 e. The van der Waals surface area contributed by atoms with Crippen molar-refractivity contribution in [3.05, 3.63) is 58.6 Å². The molecule has 0 aliphatic heterocycles. The van der Waals surface area contributed by atoms with E-state index in [2.05, 4.69) is 38.5 Å². The van der Waals surface area contributed by atoms with Crippen molar-refractivity contribution in [3.63, 3.8) is 0 Å². The lowest BCUT2D eigenvalue weighted by Crippen LogP contribution is -2.12. The van der Waals surface area contributed by atoms with Gasteiger partial charge in [-0.3, -0.25) is 4.79 Å². The van der Waals surface area contributed by atoms with Crippen LogP contribution in [-0.4, -0.2) is 22.8 Å². The van der Waals surface area contributed by atoms with Crippen LogP contribution in [0, 0.1) is 0 Å². The summed E-state index contributed by atoms with van der Waals surface area (Å²) in [6.07, 6.45) is 0.946. The lowest BCUT2D eigenvalue weighted by Gasteiger charge is -2.06. The van der Waals surface area contributed by atoms with Gasteiger partial charge in [0.25, 0.3) is 5.91 Å². The van der Waals surface area contributed by atoms with Crippen molar-refractivity contribution < 1.29 is 14.2 Å². The summed E-state index contributed by atoms with van der Waals surface area (Å²) in [5.74, 6) is 0.769. The van der Waals surface area contributed by atoms with Crippen LogP contribution in [0.3, 0.4) is 0 Å².